The number of rotatable bonds is 5. The summed E-state index contributed by atoms with van der Waals surface area (Å²) < 4.78 is 0. The number of halogens is 1. The summed E-state index contributed by atoms with van der Waals surface area (Å²) in [5, 5.41) is 4.52. The molecule has 0 aromatic heterocycles. The van der Waals surface area contributed by atoms with Crippen molar-refractivity contribution >= 4 is 11.6 Å². The standard InChI is InChI=1S/C16H24ClN/c1-3-16(10-4-5-11-16)12-18-13(2)14-6-8-15(17)9-7-14/h6-9,13,18H,3-5,10-12H2,1-2H3. The van der Waals surface area contributed by atoms with E-state index in [0.717, 1.165) is 11.6 Å². The molecule has 0 spiro atoms. The maximum absolute atomic E-state index is 5.92. The van der Waals surface area contributed by atoms with E-state index in [1.807, 2.05) is 12.1 Å². The molecular weight excluding hydrogens is 242 g/mol. The Balaban J connectivity index is 1.91. The minimum Gasteiger partial charge on any atom is -0.310 e. The SMILES string of the molecule is CCC1(CNC(C)c2ccc(Cl)cc2)CCCC1. The summed E-state index contributed by atoms with van der Waals surface area (Å²) in [4.78, 5) is 0. The molecule has 1 N–H and O–H groups in total. The van der Waals surface area contributed by atoms with E-state index in [0.29, 0.717) is 11.5 Å². The molecule has 2 heteroatoms. The van der Waals surface area contributed by atoms with Crippen molar-refractivity contribution in [2.45, 2.75) is 52.0 Å². The molecular formula is C16H24ClN. The van der Waals surface area contributed by atoms with Crippen LogP contribution in [0.25, 0.3) is 0 Å². The summed E-state index contributed by atoms with van der Waals surface area (Å²) >= 11 is 5.92. The van der Waals surface area contributed by atoms with Crippen LogP contribution in [0.3, 0.4) is 0 Å². The first-order chi connectivity index (χ1) is 8.65. The second-order valence-electron chi connectivity index (χ2n) is 5.71. The maximum atomic E-state index is 5.92. The van der Waals surface area contributed by atoms with Crippen LogP contribution in [-0.4, -0.2) is 6.54 Å². The predicted molar refractivity (Wildman–Crippen MR) is 79.1 cm³/mol. The van der Waals surface area contributed by atoms with Crippen LogP contribution in [0.4, 0.5) is 0 Å². The summed E-state index contributed by atoms with van der Waals surface area (Å²) in [5.41, 5.74) is 1.88. The minimum absolute atomic E-state index is 0.409. The second kappa shape index (κ2) is 6.08. The lowest BCUT2D eigenvalue weighted by Gasteiger charge is -2.29. The lowest BCUT2D eigenvalue weighted by Crippen LogP contribution is -2.33. The Bertz CT molecular complexity index is 365. The molecule has 1 aliphatic carbocycles. The van der Waals surface area contributed by atoms with E-state index < -0.39 is 0 Å². The van der Waals surface area contributed by atoms with Gasteiger partial charge in [-0.15, -0.1) is 0 Å². The molecule has 1 saturated carbocycles. The first-order valence-corrected chi connectivity index (χ1v) is 7.52. The zero-order chi connectivity index (χ0) is 13.0. The van der Waals surface area contributed by atoms with Crippen molar-refractivity contribution in [2.75, 3.05) is 6.54 Å². The van der Waals surface area contributed by atoms with Gasteiger partial charge in [-0.3, -0.25) is 0 Å². The lowest BCUT2D eigenvalue weighted by atomic mass is 9.83. The topological polar surface area (TPSA) is 12.0 Å². The minimum atomic E-state index is 0.409. The molecule has 1 aromatic carbocycles. The van der Waals surface area contributed by atoms with Crippen LogP contribution in [0.1, 0.15) is 57.6 Å². The van der Waals surface area contributed by atoms with Crippen molar-refractivity contribution in [3.63, 3.8) is 0 Å². The quantitative estimate of drug-likeness (QED) is 0.793. The van der Waals surface area contributed by atoms with Gasteiger partial charge in [-0.05, 0) is 49.3 Å². The van der Waals surface area contributed by atoms with Crippen molar-refractivity contribution in [1.29, 1.82) is 0 Å². The molecule has 1 aliphatic rings. The van der Waals surface area contributed by atoms with Crippen molar-refractivity contribution in [3.05, 3.63) is 34.9 Å². The Morgan fingerprint density at radius 2 is 1.83 bits per heavy atom. The third kappa shape index (κ3) is 3.27. The molecule has 0 radical (unpaired) electrons. The van der Waals surface area contributed by atoms with Gasteiger partial charge in [0.25, 0.3) is 0 Å². The Morgan fingerprint density at radius 3 is 2.39 bits per heavy atom. The molecule has 0 bridgehead atoms. The van der Waals surface area contributed by atoms with E-state index in [2.05, 4.69) is 31.3 Å². The third-order valence-electron chi connectivity index (χ3n) is 4.57. The molecule has 0 aliphatic heterocycles. The normalized spacial score (nSPS) is 19.9. The van der Waals surface area contributed by atoms with E-state index in [1.54, 1.807) is 0 Å². The summed E-state index contributed by atoms with van der Waals surface area (Å²) in [7, 11) is 0. The average molecular weight is 266 g/mol. The Kier molecular flexibility index (Phi) is 4.69. The van der Waals surface area contributed by atoms with E-state index in [4.69, 9.17) is 11.6 Å². The van der Waals surface area contributed by atoms with Crippen molar-refractivity contribution in [2.24, 2.45) is 5.41 Å². The summed E-state index contributed by atoms with van der Waals surface area (Å²) in [6.45, 7) is 5.72. The van der Waals surface area contributed by atoms with Crippen molar-refractivity contribution in [3.8, 4) is 0 Å². The fourth-order valence-electron chi connectivity index (χ4n) is 3.02. The smallest absolute Gasteiger partial charge is 0.0406 e. The Hall–Kier alpha value is -0.530. The van der Waals surface area contributed by atoms with Crippen LogP contribution in [0, 0.1) is 5.41 Å². The molecule has 18 heavy (non-hydrogen) atoms. The van der Waals surface area contributed by atoms with Gasteiger partial charge in [-0.25, -0.2) is 0 Å². The molecule has 1 fully saturated rings. The summed E-state index contributed by atoms with van der Waals surface area (Å²) in [6.07, 6.45) is 6.90. The highest BCUT2D eigenvalue weighted by Crippen LogP contribution is 2.40. The maximum Gasteiger partial charge on any atom is 0.0406 e. The van der Waals surface area contributed by atoms with Crippen LogP contribution in [0.2, 0.25) is 5.02 Å². The van der Waals surface area contributed by atoms with Gasteiger partial charge in [-0.2, -0.15) is 0 Å². The van der Waals surface area contributed by atoms with E-state index in [-0.39, 0.29) is 0 Å². The largest absolute Gasteiger partial charge is 0.310 e. The second-order valence-corrected chi connectivity index (χ2v) is 6.15. The van der Waals surface area contributed by atoms with Crippen LogP contribution in [-0.2, 0) is 0 Å². The highest BCUT2D eigenvalue weighted by Gasteiger charge is 2.31. The fourth-order valence-corrected chi connectivity index (χ4v) is 3.15. The van der Waals surface area contributed by atoms with Gasteiger partial charge in [0.15, 0.2) is 0 Å². The molecule has 2 rings (SSSR count). The molecule has 0 saturated heterocycles. The van der Waals surface area contributed by atoms with Gasteiger partial charge in [0, 0.05) is 17.6 Å². The molecule has 0 heterocycles. The first-order valence-electron chi connectivity index (χ1n) is 7.14. The Morgan fingerprint density at radius 1 is 1.22 bits per heavy atom. The molecule has 1 atom stereocenters. The number of nitrogens with one attached hydrogen (secondary N) is 1. The van der Waals surface area contributed by atoms with Gasteiger partial charge in [0.1, 0.15) is 0 Å². The molecule has 1 unspecified atom stereocenters. The highest BCUT2D eigenvalue weighted by molar-refractivity contribution is 6.30. The molecule has 1 aromatic rings. The van der Waals surface area contributed by atoms with Crippen LogP contribution >= 0.6 is 11.6 Å². The molecule has 0 amide bonds. The van der Waals surface area contributed by atoms with Gasteiger partial charge in [0.05, 0.1) is 0 Å². The number of benzene rings is 1. The van der Waals surface area contributed by atoms with Crippen LogP contribution in [0.15, 0.2) is 24.3 Å². The summed E-state index contributed by atoms with van der Waals surface area (Å²) in [6, 6.07) is 8.59. The van der Waals surface area contributed by atoms with Crippen LogP contribution in [0.5, 0.6) is 0 Å². The predicted octanol–water partition coefficient (Wildman–Crippen LogP) is 4.96. The van der Waals surface area contributed by atoms with Gasteiger partial charge < -0.3 is 5.32 Å². The van der Waals surface area contributed by atoms with Crippen molar-refractivity contribution < 1.29 is 0 Å². The first kappa shape index (κ1) is 13.9. The monoisotopic (exact) mass is 265 g/mol. The summed E-state index contributed by atoms with van der Waals surface area (Å²) in [5.74, 6) is 0. The zero-order valence-corrected chi connectivity index (χ0v) is 12.3. The average Bonchev–Trinajstić information content (AvgIpc) is 2.86. The zero-order valence-electron chi connectivity index (χ0n) is 11.5. The third-order valence-corrected chi connectivity index (χ3v) is 4.82. The van der Waals surface area contributed by atoms with Gasteiger partial charge in [0.2, 0.25) is 0 Å². The Labute approximate surface area is 116 Å². The lowest BCUT2D eigenvalue weighted by molar-refractivity contribution is 0.259. The molecule has 1 nitrogen and oxygen atoms in total. The highest BCUT2D eigenvalue weighted by atomic mass is 35.5. The molecule has 100 valence electrons. The van der Waals surface area contributed by atoms with Crippen LogP contribution < -0.4 is 5.32 Å². The van der Waals surface area contributed by atoms with E-state index in [9.17, 15) is 0 Å². The number of hydrogen-bond donors (Lipinski definition) is 1. The van der Waals surface area contributed by atoms with Crippen molar-refractivity contribution in [1.82, 2.24) is 5.32 Å². The van der Waals surface area contributed by atoms with Gasteiger partial charge in [-0.1, -0.05) is 43.5 Å². The number of hydrogen-bond acceptors (Lipinski definition) is 1. The van der Waals surface area contributed by atoms with E-state index in [1.165, 1.54) is 37.7 Å². The van der Waals surface area contributed by atoms with Gasteiger partial charge >= 0.3 is 0 Å². The fraction of sp³-hybridized carbons (Fsp3) is 0.625. The van der Waals surface area contributed by atoms with E-state index >= 15 is 0 Å².